The lowest BCUT2D eigenvalue weighted by molar-refractivity contribution is -0.173. The van der Waals surface area contributed by atoms with E-state index in [0.717, 1.165) is 19.3 Å². The maximum absolute atomic E-state index is 11.8. The summed E-state index contributed by atoms with van der Waals surface area (Å²) in [6.07, 6.45) is -2.04. The molecule has 0 aromatic carbocycles. The van der Waals surface area contributed by atoms with Crippen molar-refractivity contribution in [1.29, 1.82) is 0 Å². The molecular weight excluding hydrogens is 219 g/mol. The van der Waals surface area contributed by atoms with E-state index in [1.807, 2.05) is 13.8 Å². The van der Waals surface area contributed by atoms with Crippen LogP contribution in [-0.2, 0) is 4.79 Å². The summed E-state index contributed by atoms with van der Waals surface area (Å²) in [4.78, 5) is 10.4. The van der Waals surface area contributed by atoms with Crippen molar-refractivity contribution in [2.24, 2.45) is 5.92 Å². The highest BCUT2D eigenvalue weighted by Gasteiger charge is 2.38. The van der Waals surface area contributed by atoms with Crippen molar-refractivity contribution in [1.82, 2.24) is 5.32 Å². The zero-order valence-electron chi connectivity index (χ0n) is 9.45. The molecule has 0 aliphatic carbocycles. The lowest BCUT2D eigenvalue weighted by atomic mass is 10.0. The molecule has 0 rings (SSSR count). The third kappa shape index (κ3) is 6.33. The van der Waals surface area contributed by atoms with Crippen molar-refractivity contribution in [3.63, 3.8) is 0 Å². The van der Waals surface area contributed by atoms with E-state index < -0.39 is 12.1 Å². The van der Waals surface area contributed by atoms with E-state index in [1.54, 1.807) is 5.32 Å². The second kappa shape index (κ2) is 7.15. The average molecular weight is 235 g/mol. The summed E-state index contributed by atoms with van der Waals surface area (Å²) < 4.78 is 35.3. The minimum atomic E-state index is -4.82. The molecule has 0 fully saturated rings. The molecule has 5 heteroatoms. The fourth-order valence-corrected chi connectivity index (χ4v) is 1.15. The number of hydrogen-bond donors (Lipinski definition) is 1. The zero-order valence-corrected chi connectivity index (χ0v) is 9.45. The first-order valence-corrected chi connectivity index (χ1v) is 5.25. The normalized spacial score (nSPS) is 12.6. The highest BCUT2D eigenvalue weighted by Crippen LogP contribution is 2.13. The van der Waals surface area contributed by atoms with Gasteiger partial charge in [-0.05, 0) is 12.8 Å². The van der Waals surface area contributed by atoms with E-state index in [2.05, 4.69) is 11.8 Å². The van der Waals surface area contributed by atoms with E-state index >= 15 is 0 Å². The van der Waals surface area contributed by atoms with Crippen LogP contribution in [0.25, 0.3) is 0 Å². The summed E-state index contributed by atoms with van der Waals surface area (Å²) in [6.45, 7) is 3.75. The Morgan fingerprint density at radius 1 is 1.38 bits per heavy atom. The zero-order chi connectivity index (χ0) is 12.6. The molecule has 0 saturated heterocycles. The summed E-state index contributed by atoms with van der Waals surface area (Å²) in [5, 5.41) is 1.71. The predicted octanol–water partition coefficient (Wildman–Crippen LogP) is 2.49. The summed E-state index contributed by atoms with van der Waals surface area (Å²) >= 11 is 0. The molecule has 1 amide bonds. The minimum absolute atomic E-state index is 0.202. The van der Waals surface area contributed by atoms with E-state index in [4.69, 9.17) is 0 Å². The van der Waals surface area contributed by atoms with Crippen molar-refractivity contribution < 1.29 is 18.0 Å². The van der Waals surface area contributed by atoms with Gasteiger partial charge < -0.3 is 5.32 Å². The molecule has 0 radical (unpaired) electrons. The van der Waals surface area contributed by atoms with E-state index in [-0.39, 0.29) is 12.5 Å². The molecule has 0 aromatic heterocycles. The lowest BCUT2D eigenvalue weighted by Crippen LogP contribution is -2.36. The third-order valence-electron chi connectivity index (χ3n) is 2.03. The molecular formula is C11H16F3NO. The largest absolute Gasteiger partial charge is 0.471 e. The van der Waals surface area contributed by atoms with Gasteiger partial charge in [-0.15, -0.1) is 0 Å². The molecule has 1 unspecified atom stereocenters. The summed E-state index contributed by atoms with van der Waals surface area (Å²) in [7, 11) is 0. The van der Waals surface area contributed by atoms with Crippen molar-refractivity contribution in [3.8, 4) is 11.8 Å². The van der Waals surface area contributed by atoms with Crippen LogP contribution in [0.3, 0.4) is 0 Å². The Morgan fingerprint density at radius 3 is 2.44 bits per heavy atom. The van der Waals surface area contributed by atoms with Gasteiger partial charge in [0.2, 0.25) is 0 Å². The van der Waals surface area contributed by atoms with Crippen molar-refractivity contribution in [3.05, 3.63) is 0 Å². The first-order chi connectivity index (χ1) is 7.41. The second-order valence-electron chi connectivity index (χ2n) is 3.40. The molecule has 0 aromatic rings. The number of hydrogen-bond acceptors (Lipinski definition) is 1. The van der Waals surface area contributed by atoms with Gasteiger partial charge in [-0.1, -0.05) is 32.1 Å². The number of rotatable bonds is 4. The molecule has 2 nitrogen and oxygen atoms in total. The van der Waals surface area contributed by atoms with Crippen LogP contribution in [0, 0.1) is 17.8 Å². The molecule has 16 heavy (non-hydrogen) atoms. The lowest BCUT2D eigenvalue weighted by Gasteiger charge is -2.05. The van der Waals surface area contributed by atoms with Crippen LogP contribution in [0.1, 0.15) is 33.1 Å². The average Bonchev–Trinajstić information content (AvgIpc) is 2.20. The van der Waals surface area contributed by atoms with E-state index in [1.165, 1.54) is 0 Å². The molecule has 1 atom stereocenters. The third-order valence-corrected chi connectivity index (χ3v) is 2.03. The van der Waals surface area contributed by atoms with Crippen LogP contribution in [0.5, 0.6) is 0 Å². The Hall–Kier alpha value is -1.18. The number of carbonyl (C=O) groups excluding carboxylic acids is 1. The van der Waals surface area contributed by atoms with Crippen molar-refractivity contribution in [2.45, 2.75) is 39.3 Å². The van der Waals surface area contributed by atoms with Crippen LogP contribution in [0.4, 0.5) is 13.2 Å². The van der Waals surface area contributed by atoms with Gasteiger partial charge in [-0.25, -0.2) is 0 Å². The fraction of sp³-hybridized carbons (Fsp3) is 0.727. The summed E-state index contributed by atoms with van der Waals surface area (Å²) in [5.41, 5.74) is 0. The van der Waals surface area contributed by atoms with Crippen molar-refractivity contribution >= 4 is 5.91 Å². The quantitative estimate of drug-likeness (QED) is 0.745. The number of nitrogens with one attached hydrogen (secondary N) is 1. The molecule has 0 heterocycles. The van der Waals surface area contributed by atoms with Crippen LogP contribution >= 0.6 is 0 Å². The van der Waals surface area contributed by atoms with Gasteiger partial charge in [-0.3, -0.25) is 4.79 Å². The highest BCUT2D eigenvalue weighted by atomic mass is 19.4. The maximum atomic E-state index is 11.8. The Balaban J connectivity index is 3.97. The van der Waals surface area contributed by atoms with Crippen LogP contribution in [0.15, 0.2) is 0 Å². The summed E-state index contributed by atoms with van der Waals surface area (Å²) in [6, 6.07) is 0. The van der Waals surface area contributed by atoms with Crippen LogP contribution in [-0.4, -0.2) is 18.6 Å². The van der Waals surface area contributed by atoms with Gasteiger partial charge in [0, 0.05) is 5.92 Å². The highest BCUT2D eigenvalue weighted by molar-refractivity contribution is 5.81. The number of halogens is 3. The Morgan fingerprint density at radius 2 is 2.00 bits per heavy atom. The molecule has 92 valence electrons. The standard InChI is InChI=1S/C11H16F3NO/c1-3-6-9(4-2)7-5-8-15-10(16)11(12,13)14/h9H,3-4,6,8H2,1-2H3,(H,15,16). The molecule has 0 spiro atoms. The van der Waals surface area contributed by atoms with Gasteiger partial charge in [-0.2, -0.15) is 13.2 Å². The van der Waals surface area contributed by atoms with Gasteiger partial charge in [0.25, 0.3) is 0 Å². The maximum Gasteiger partial charge on any atom is 0.471 e. The van der Waals surface area contributed by atoms with Gasteiger partial charge in [0.05, 0.1) is 6.54 Å². The predicted molar refractivity (Wildman–Crippen MR) is 55.5 cm³/mol. The number of amides is 1. The Kier molecular flexibility index (Phi) is 6.63. The Bertz CT molecular complexity index is 275. The molecule has 0 bridgehead atoms. The van der Waals surface area contributed by atoms with Gasteiger partial charge in [0.1, 0.15) is 0 Å². The topological polar surface area (TPSA) is 29.1 Å². The van der Waals surface area contributed by atoms with E-state index in [9.17, 15) is 18.0 Å². The first kappa shape index (κ1) is 14.8. The monoisotopic (exact) mass is 235 g/mol. The first-order valence-electron chi connectivity index (χ1n) is 5.25. The van der Waals surface area contributed by atoms with E-state index in [0.29, 0.717) is 0 Å². The summed E-state index contributed by atoms with van der Waals surface area (Å²) in [5.74, 6) is 3.65. The molecule has 1 N–H and O–H groups in total. The van der Waals surface area contributed by atoms with Crippen molar-refractivity contribution in [2.75, 3.05) is 6.54 Å². The number of carbonyl (C=O) groups is 1. The molecule has 0 saturated carbocycles. The number of alkyl halides is 3. The van der Waals surface area contributed by atoms with Crippen LogP contribution in [0.2, 0.25) is 0 Å². The fourth-order valence-electron chi connectivity index (χ4n) is 1.15. The molecule has 0 aliphatic rings. The second-order valence-corrected chi connectivity index (χ2v) is 3.40. The SMILES string of the molecule is CCCC(C#CCNC(=O)C(F)(F)F)CC. The smallest absolute Gasteiger partial charge is 0.337 e. The van der Waals surface area contributed by atoms with Gasteiger partial charge in [0.15, 0.2) is 0 Å². The Labute approximate surface area is 93.6 Å². The minimum Gasteiger partial charge on any atom is -0.337 e. The van der Waals surface area contributed by atoms with Crippen LogP contribution < -0.4 is 5.32 Å². The van der Waals surface area contributed by atoms with Gasteiger partial charge >= 0.3 is 12.1 Å². The molecule has 0 aliphatic heterocycles.